The van der Waals surface area contributed by atoms with Gasteiger partial charge >= 0.3 is 0 Å². The zero-order valence-corrected chi connectivity index (χ0v) is 10.1. The van der Waals surface area contributed by atoms with Gasteiger partial charge in [0.25, 0.3) is 0 Å². The Bertz CT molecular complexity index is 370. The number of hydrogen-bond acceptors (Lipinski definition) is 1. The molecule has 0 saturated carbocycles. The van der Waals surface area contributed by atoms with Gasteiger partial charge in [0.1, 0.15) is 5.82 Å². The normalized spacial score (nSPS) is 12.1. The van der Waals surface area contributed by atoms with Gasteiger partial charge in [-0.1, -0.05) is 27.9 Å². The molecule has 1 aromatic carbocycles. The second-order valence-electron chi connectivity index (χ2n) is 3.43. The molecule has 0 amide bonds. The summed E-state index contributed by atoms with van der Waals surface area (Å²) in [4.78, 5) is 0. The van der Waals surface area contributed by atoms with Crippen LogP contribution in [-0.2, 0) is 6.42 Å². The van der Waals surface area contributed by atoms with Crippen molar-refractivity contribution >= 4 is 15.9 Å². The highest BCUT2D eigenvalue weighted by atomic mass is 79.9. The van der Waals surface area contributed by atoms with Gasteiger partial charge in [-0.3, -0.25) is 0 Å². The van der Waals surface area contributed by atoms with Crippen molar-refractivity contribution in [1.29, 1.82) is 0 Å². The zero-order valence-electron chi connectivity index (χ0n) is 8.56. The predicted molar refractivity (Wildman–Crippen MR) is 64.1 cm³/mol. The first kappa shape index (κ1) is 12.2. The van der Waals surface area contributed by atoms with E-state index in [1.54, 1.807) is 6.07 Å². The van der Waals surface area contributed by atoms with Crippen molar-refractivity contribution < 1.29 is 4.39 Å². The van der Waals surface area contributed by atoms with Crippen LogP contribution in [0.3, 0.4) is 0 Å². The Morgan fingerprint density at radius 2 is 2.33 bits per heavy atom. The summed E-state index contributed by atoms with van der Waals surface area (Å²) in [6.45, 7) is 2.50. The molecule has 0 saturated heterocycles. The van der Waals surface area contributed by atoms with Crippen molar-refractivity contribution in [2.75, 3.05) is 6.54 Å². The average molecular weight is 270 g/mol. The van der Waals surface area contributed by atoms with Gasteiger partial charge in [-0.15, -0.1) is 6.42 Å². The Hall–Kier alpha value is -0.850. The van der Waals surface area contributed by atoms with Crippen molar-refractivity contribution in [3.05, 3.63) is 34.1 Å². The highest BCUT2D eigenvalue weighted by Crippen LogP contribution is 2.16. The summed E-state index contributed by atoms with van der Waals surface area (Å²) < 4.78 is 14.2. The Morgan fingerprint density at radius 3 is 2.93 bits per heavy atom. The fourth-order valence-electron chi connectivity index (χ4n) is 1.32. The summed E-state index contributed by atoms with van der Waals surface area (Å²) in [6, 6.07) is 5.28. The molecule has 0 aliphatic carbocycles. The van der Waals surface area contributed by atoms with Crippen LogP contribution >= 0.6 is 15.9 Å². The van der Waals surface area contributed by atoms with E-state index in [4.69, 9.17) is 6.42 Å². The average Bonchev–Trinajstić information content (AvgIpc) is 2.19. The van der Waals surface area contributed by atoms with Gasteiger partial charge in [0.05, 0.1) is 6.54 Å². The second kappa shape index (κ2) is 5.89. The summed E-state index contributed by atoms with van der Waals surface area (Å²) >= 11 is 3.22. The number of terminal acetylenes is 1. The minimum Gasteiger partial charge on any atom is -0.303 e. The SMILES string of the molecule is C#CCNC(C)Cc1ccc(Br)cc1F. The molecule has 0 radical (unpaired) electrons. The maximum absolute atomic E-state index is 13.4. The topological polar surface area (TPSA) is 12.0 Å². The van der Waals surface area contributed by atoms with Crippen molar-refractivity contribution in [2.45, 2.75) is 19.4 Å². The molecule has 0 aliphatic heterocycles. The van der Waals surface area contributed by atoms with Crippen LogP contribution in [-0.4, -0.2) is 12.6 Å². The van der Waals surface area contributed by atoms with Crippen LogP contribution < -0.4 is 5.32 Å². The first-order valence-electron chi connectivity index (χ1n) is 4.74. The highest BCUT2D eigenvalue weighted by molar-refractivity contribution is 9.10. The lowest BCUT2D eigenvalue weighted by Crippen LogP contribution is -2.28. The second-order valence-corrected chi connectivity index (χ2v) is 4.34. The minimum atomic E-state index is -0.182. The van der Waals surface area contributed by atoms with E-state index in [9.17, 15) is 4.39 Å². The third-order valence-corrected chi connectivity index (χ3v) is 2.59. The van der Waals surface area contributed by atoms with Crippen LogP contribution in [0, 0.1) is 18.2 Å². The Labute approximate surface area is 98.2 Å². The molecule has 0 aliphatic rings. The molecule has 3 heteroatoms. The van der Waals surface area contributed by atoms with Crippen molar-refractivity contribution in [2.24, 2.45) is 0 Å². The van der Waals surface area contributed by atoms with E-state index >= 15 is 0 Å². The molecular weight excluding hydrogens is 257 g/mol. The Balaban J connectivity index is 2.61. The quantitative estimate of drug-likeness (QED) is 0.829. The Kier molecular flexibility index (Phi) is 4.80. The van der Waals surface area contributed by atoms with Gasteiger partial charge in [-0.05, 0) is 31.0 Å². The molecule has 1 N–H and O–H groups in total. The van der Waals surface area contributed by atoms with Crippen molar-refractivity contribution in [3.8, 4) is 12.3 Å². The largest absolute Gasteiger partial charge is 0.303 e. The standard InChI is InChI=1S/C12H13BrFN/c1-3-6-15-9(2)7-10-4-5-11(13)8-12(10)14/h1,4-5,8-9,15H,6-7H2,2H3. The number of rotatable bonds is 4. The van der Waals surface area contributed by atoms with Gasteiger partial charge in [0.15, 0.2) is 0 Å². The summed E-state index contributed by atoms with van der Waals surface area (Å²) in [6.07, 6.45) is 5.77. The molecule has 15 heavy (non-hydrogen) atoms. The molecule has 0 fully saturated rings. The van der Waals surface area contributed by atoms with E-state index in [0.29, 0.717) is 18.5 Å². The van der Waals surface area contributed by atoms with E-state index < -0.39 is 0 Å². The van der Waals surface area contributed by atoms with Crippen LogP contribution in [0.25, 0.3) is 0 Å². The van der Waals surface area contributed by atoms with Gasteiger partial charge in [-0.2, -0.15) is 0 Å². The van der Waals surface area contributed by atoms with E-state index in [1.807, 2.05) is 13.0 Å². The van der Waals surface area contributed by atoms with E-state index in [2.05, 4.69) is 27.2 Å². The fraction of sp³-hybridized carbons (Fsp3) is 0.333. The zero-order chi connectivity index (χ0) is 11.3. The summed E-state index contributed by atoms with van der Waals surface area (Å²) in [7, 11) is 0. The lowest BCUT2D eigenvalue weighted by atomic mass is 10.1. The van der Waals surface area contributed by atoms with Crippen molar-refractivity contribution in [3.63, 3.8) is 0 Å². The molecule has 1 nitrogen and oxygen atoms in total. The van der Waals surface area contributed by atoms with Gasteiger partial charge in [-0.25, -0.2) is 4.39 Å². The van der Waals surface area contributed by atoms with E-state index in [-0.39, 0.29) is 11.9 Å². The van der Waals surface area contributed by atoms with E-state index in [1.165, 1.54) is 6.07 Å². The molecule has 0 spiro atoms. The summed E-state index contributed by atoms with van der Waals surface area (Å²) in [5.41, 5.74) is 0.704. The molecule has 0 heterocycles. The molecule has 1 aromatic rings. The predicted octanol–water partition coefficient (Wildman–Crippen LogP) is 2.74. The lowest BCUT2D eigenvalue weighted by molar-refractivity contribution is 0.552. The molecule has 80 valence electrons. The van der Waals surface area contributed by atoms with Gasteiger partial charge in [0.2, 0.25) is 0 Å². The summed E-state index contributed by atoms with van der Waals surface area (Å²) in [5, 5.41) is 3.11. The Morgan fingerprint density at radius 1 is 1.60 bits per heavy atom. The van der Waals surface area contributed by atoms with Gasteiger partial charge < -0.3 is 5.32 Å². The van der Waals surface area contributed by atoms with Crippen LogP contribution in [0.1, 0.15) is 12.5 Å². The van der Waals surface area contributed by atoms with Crippen LogP contribution in [0.15, 0.2) is 22.7 Å². The minimum absolute atomic E-state index is 0.178. The monoisotopic (exact) mass is 269 g/mol. The molecular formula is C12H13BrFN. The fourth-order valence-corrected chi connectivity index (χ4v) is 1.66. The number of nitrogens with one attached hydrogen (secondary N) is 1. The van der Waals surface area contributed by atoms with Crippen LogP contribution in [0.5, 0.6) is 0 Å². The maximum Gasteiger partial charge on any atom is 0.127 e. The third-order valence-electron chi connectivity index (χ3n) is 2.09. The molecule has 0 bridgehead atoms. The number of benzene rings is 1. The number of halogens is 2. The van der Waals surface area contributed by atoms with Crippen LogP contribution in [0.2, 0.25) is 0 Å². The van der Waals surface area contributed by atoms with Crippen molar-refractivity contribution in [1.82, 2.24) is 5.32 Å². The maximum atomic E-state index is 13.4. The van der Waals surface area contributed by atoms with Gasteiger partial charge in [0, 0.05) is 10.5 Å². The molecule has 1 atom stereocenters. The smallest absolute Gasteiger partial charge is 0.127 e. The van der Waals surface area contributed by atoms with Crippen LogP contribution in [0.4, 0.5) is 4.39 Å². The molecule has 1 rings (SSSR count). The first-order valence-corrected chi connectivity index (χ1v) is 5.53. The highest BCUT2D eigenvalue weighted by Gasteiger charge is 2.07. The molecule has 0 aromatic heterocycles. The third kappa shape index (κ3) is 4.03. The summed E-state index contributed by atoms with van der Waals surface area (Å²) in [5.74, 6) is 2.31. The first-order chi connectivity index (χ1) is 7.13. The van der Waals surface area contributed by atoms with E-state index in [0.717, 1.165) is 4.47 Å². The molecule has 1 unspecified atom stereocenters. The number of hydrogen-bond donors (Lipinski definition) is 1. The lowest BCUT2D eigenvalue weighted by Gasteiger charge is -2.12.